The highest BCUT2D eigenvalue weighted by atomic mass is 32.2. The number of amides is 1. The Kier molecular flexibility index (Phi) is 7.89. The summed E-state index contributed by atoms with van der Waals surface area (Å²) in [5, 5.41) is 3.84. The first-order valence-electron chi connectivity index (χ1n) is 9.41. The number of anilines is 1. The van der Waals surface area contributed by atoms with Crippen LogP contribution in [0, 0.1) is 0 Å². The van der Waals surface area contributed by atoms with Crippen molar-refractivity contribution in [3.05, 3.63) is 78.0 Å². The number of nitrogens with zero attached hydrogens (tertiary/aromatic N) is 1. The zero-order valence-corrected chi connectivity index (χ0v) is 18.0. The molecular weight excluding hydrogens is 416 g/mol. The van der Waals surface area contributed by atoms with E-state index in [2.05, 4.69) is 15.0 Å². The number of esters is 1. The van der Waals surface area contributed by atoms with Gasteiger partial charge in [0, 0.05) is 23.2 Å². The Morgan fingerprint density at radius 3 is 2.61 bits per heavy atom. The number of nitrogens with one attached hydrogen (secondary N) is 1. The summed E-state index contributed by atoms with van der Waals surface area (Å²) in [5.41, 5.74) is 2.15. The second-order valence-electron chi connectivity index (χ2n) is 6.34. The molecule has 0 aliphatic heterocycles. The Balaban J connectivity index is 1.64. The molecular formula is C23H22N2O5S. The Labute approximate surface area is 184 Å². The van der Waals surface area contributed by atoms with Gasteiger partial charge >= 0.3 is 5.97 Å². The van der Waals surface area contributed by atoms with E-state index in [-0.39, 0.29) is 12.5 Å². The third-order valence-corrected chi connectivity index (χ3v) is 5.22. The number of hydrogen-bond acceptors (Lipinski definition) is 7. The average Bonchev–Trinajstić information content (AvgIpc) is 2.82. The van der Waals surface area contributed by atoms with E-state index in [0.717, 1.165) is 16.3 Å². The number of rotatable bonds is 9. The van der Waals surface area contributed by atoms with Gasteiger partial charge in [0.05, 0.1) is 19.2 Å². The molecule has 1 heterocycles. The second-order valence-corrected chi connectivity index (χ2v) is 7.34. The van der Waals surface area contributed by atoms with Crippen molar-refractivity contribution >= 4 is 29.3 Å². The number of ether oxygens (including phenoxy) is 3. The molecule has 8 heteroatoms. The number of pyridine rings is 1. The summed E-state index contributed by atoms with van der Waals surface area (Å²) in [6.07, 6.45) is 1.76. The van der Waals surface area contributed by atoms with E-state index in [0.29, 0.717) is 22.7 Å². The Hall–Kier alpha value is -3.52. The van der Waals surface area contributed by atoms with Crippen LogP contribution in [0.15, 0.2) is 71.9 Å². The van der Waals surface area contributed by atoms with Gasteiger partial charge in [-0.15, -0.1) is 11.8 Å². The highest BCUT2D eigenvalue weighted by Crippen LogP contribution is 2.29. The zero-order valence-electron chi connectivity index (χ0n) is 17.2. The van der Waals surface area contributed by atoms with Crippen LogP contribution in [0.2, 0.25) is 0 Å². The standard InChI is InChI=1S/C23H22N2O5S/c1-28-20-13-17(9-10-19(20)30-14-22(26)29-2)23(27)25-18-7-5-6-16(12-18)15-31-21-8-3-4-11-24-21/h3-13H,14-15H2,1-2H3,(H,25,27). The molecule has 1 amide bonds. The van der Waals surface area contributed by atoms with E-state index in [1.165, 1.54) is 14.2 Å². The maximum Gasteiger partial charge on any atom is 0.343 e. The summed E-state index contributed by atoms with van der Waals surface area (Å²) in [6, 6.07) is 18.2. The van der Waals surface area contributed by atoms with E-state index in [9.17, 15) is 9.59 Å². The van der Waals surface area contributed by atoms with E-state index >= 15 is 0 Å². The first-order valence-corrected chi connectivity index (χ1v) is 10.4. The number of thioether (sulfide) groups is 1. The van der Waals surface area contributed by atoms with Crippen molar-refractivity contribution in [1.29, 1.82) is 0 Å². The summed E-state index contributed by atoms with van der Waals surface area (Å²) >= 11 is 1.63. The molecule has 0 saturated carbocycles. The van der Waals surface area contributed by atoms with Crippen molar-refractivity contribution in [2.75, 3.05) is 26.1 Å². The monoisotopic (exact) mass is 438 g/mol. The summed E-state index contributed by atoms with van der Waals surface area (Å²) < 4.78 is 15.2. The van der Waals surface area contributed by atoms with Crippen molar-refractivity contribution in [1.82, 2.24) is 4.98 Å². The molecule has 1 aromatic heterocycles. The SMILES string of the molecule is COC(=O)COc1ccc(C(=O)Nc2cccc(CSc3ccccn3)c2)cc1OC. The van der Waals surface area contributed by atoms with Gasteiger partial charge in [0.2, 0.25) is 0 Å². The van der Waals surface area contributed by atoms with Crippen LogP contribution in [-0.4, -0.2) is 37.7 Å². The highest BCUT2D eigenvalue weighted by molar-refractivity contribution is 7.98. The smallest absolute Gasteiger partial charge is 0.343 e. The van der Waals surface area contributed by atoms with Crippen LogP contribution in [0.25, 0.3) is 0 Å². The quantitative estimate of drug-likeness (QED) is 0.396. The van der Waals surface area contributed by atoms with E-state index in [1.54, 1.807) is 36.2 Å². The molecule has 0 atom stereocenters. The predicted molar refractivity (Wildman–Crippen MR) is 119 cm³/mol. The highest BCUT2D eigenvalue weighted by Gasteiger charge is 2.13. The Bertz CT molecular complexity index is 1040. The summed E-state index contributed by atoms with van der Waals surface area (Å²) in [7, 11) is 2.74. The van der Waals surface area contributed by atoms with Crippen LogP contribution >= 0.6 is 11.8 Å². The second kappa shape index (κ2) is 11.0. The lowest BCUT2D eigenvalue weighted by Gasteiger charge is -2.12. The fourth-order valence-corrected chi connectivity index (χ4v) is 3.46. The Morgan fingerprint density at radius 1 is 1.00 bits per heavy atom. The molecule has 0 radical (unpaired) electrons. The number of carbonyl (C=O) groups is 2. The molecule has 31 heavy (non-hydrogen) atoms. The van der Waals surface area contributed by atoms with Gasteiger partial charge in [-0.25, -0.2) is 9.78 Å². The molecule has 3 rings (SSSR count). The topological polar surface area (TPSA) is 86.8 Å². The van der Waals surface area contributed by atoms with Gasteiger partial charge in [0.25, 0.3) is 5.91 Å². The number of hydrogen-bond donors (Lipinski definition) is 1. The molecule has 7 nitrogen and oxygen atoms in total. The van der Waals surface area contributed by atoms with E-state index in [1.807, 2.05) is 42.5 Å². The van der Waals surface area contributed by atoms with Crippen LogP contribution in [0.5, 0.6) is 11.5 Å². The van der Waals surface area contributed by atoms with Gasteiger partial charge in [0.1, 0.15) is 0 Å². The summed E-state index contributed by atoms with van der Waals surface area (Å²) in [5.74, 6) is 0.633. The van der Waals surface area contributed by atoms with Crippen LogP contribution in [0.4, 0.5) is 5.69 Å². The van der Waals surface area contributed by atoms with Crippen molar-refractivity contribution in [2.24, 2.45) is 0 Å². The van der Waals surface area contributed by atoms with Crippen LogP contribution in [-0.2, 0) is 15.3 Å². The van der Waals surface area contributed by atoms with Crippen molar-refractivity contribution < 1.29 is 23.8 Å². The van der Waals surface area contributed by atoms with Crippen molar-refractivity contribution in [3.63, 3.8) is 0 Å². The average molecular weight is 439 g/mol. The molecule has 0 unspecified atom stereocenters. The summed E-state index contributed by atoms with van der Waals surface area (Å²) in [6.45, 7) is -0.248. The van der Waals surface area contributed by atoms with E-state index in [4.69, 9.17) is 9.47 Å². The minimum absolute atomic E-state index is 0.248. The largest absolute Gasteiger partial charge is 0.493 e. The van der Waals surface area contributed by atoms with Gasteiger partial charge in [-0.05, 0) is 48.0 Å². The first kappa shape index (κ1) is 22.2. The molecule has 1 N–H and O–H groups in total. The normalized spacial score (nSPS) is 10.3. The molecule has 0 aliphatic carbocycles. The Morgan fingerprint density at radius 2 is 1.87 bits per heavy atom. The van der Waals surface area contributed by atoms with Crippen LogP contribution in [0.3, 0.4) is 0 Å². The minimum Gasteiger partial charge on any atom is -0.493 e. The fraction of sp³-hybridized carbons (Fsp3) is 0.174. The molecule has 0 aliphatic rings. The fourth-order valence-electron chi connectivity index (χ4n) is 2.66. The number of carbonyl (C=O) groups excluding carboxylic acids is 2. The maximum atomic E-state index is 12.7. The molecule has 0 spiro atoms. The summed E-state index contributed by atoms with van der Waals surface area (Å²) in [4.78, 5) is 28.3. The lowest BCUT2D eigenvalue weighted by atomic mass is 10.1. The van der Waals surface area contributed by atoms with Crippen LogP contribution < -0.4 is 14.8 Å². The lowest BCUT2D eigenvalue weighted by Crippen LogP contribution is -2.14. The molecule has 0 bridgehead atoms. The van der Waals surface area contributed by atoms with Gasteiger partial charge in [-0.2, -0.15) is 0 Å². The lowest BCUT2D eigenvalue weighted by molar-refractivity contribution is -0.142. The third-order valence-electron chi connectivity index (χ3n) is 4.21. The maximum absolute atomic E-state index is 12.7. The number of benzene rings is 2. The molecule has 3 aromatic rings. The van der Waals surface area contributed by atoms with Gasteiger partial charge in [-0.1, -0.05) is 18.2 Å². The number of aromatic nitrogens is 1. The molecule has 2 aromatic carbocycles. The zero-order chi connectivity index (χ0) is 22.1. The third kappa shape index (κ3) is 6.48. The van der Waals surface area contributed by atoms with Gasteiger partial charge in [0.15, 0.2) is 18.1 Å². The van der Waals surface area contributed by atoms with Crippen molar-refractivity contribution in [2.45, 2.75) is 10.8 Å². The predicted octanol–water partition coefficient (Wildman–Crippen LogP) is 4.19. The molecule has 160 valence electrons. The van der Waals surface area contributed by atoms with Gasteiger partial charge < -0.3 is 19.5 Å². The van der Waals surface area contributed by atoms with E-state index < -0.39 is 5.97 Å². The van der Waals surface area contributed by atoms with Crippen LogP contribution in [0.1, 0.15) is 15.9 Å². The molecule has 0 fully saturated rings. The number of methoxy groups -OCH3 is 2. The van der Waals surface area contributed by atoms with Crippen molar-refractivity contribution in [3.8, 4) is 11.5 Å². The minimum atomic E-state index is -0.509. The first-order chi connectivity index (χ1) is 15.1. The van der Waals surface area contributed by atoms with Gasteiger partial charge in [-0.3, -0.25) is 4.79 Å². The molecule has 0 saturated heterocycles.